The Balaban J connectivity index is 0.00000116. The molecule has 22 heavy (non-hydrogen) atoms. The highest BCUT2D eigenvalue weighted by atomic mass is 32.2. The van der Waals surface area contributed by atoms with Crippen molar-refractivity contribution in [2.45, 2.75) is 52.6 Å². The fraction of sp³-hybridized carbons (Fsp3) is 0.600. The summed E-state index contributed by atoms with van der Waals surface area (Å²) in [4.78, 5) is 0. The summed E-state index contributed by atoms with van der Waals surface area (Å²) in [6, 6.07) is 7.71. The first-order chi connectivity index (χ1) is 10.2. The molecule has 0 bridgehead atoms. The van der Waals surface area contributed by atoms with Gasteiger partial charge in [0, 0.05) is 0 Å². The molecule has 1 aromatic carbocycles. The van der Waals surface area contributed by atoms with Gasteiger partial charge < -0.3 is 9.47 Å². The molecule has 0 amide bonds. The van der Waals surface area contributed by atoms with Crippen LogP contribution in [0.2, 0.25) is 0 Å². The number of aryl methyl sites for hydroxylation is 1. The molecule has 1 aliphatic heterocycles. The van der Waals surface area contributed by atoms with Gasteiger partial charge >= 0.3 is 10.3 Å². The number of hydrogen-bond donors (Lipinski definition) is 1. The average Bonchev–Trinajstić information content (AvgIpc) is 2.74. The molecule has 126 valence electrons. The van der Waals surface area contributed by atoms with E-state index >= 15 is 0 Å². The Kier molecular flexibility index (Phi) is 6.51. The average molecular weight is 331 g/mol. The smallest absolute Gasteiger partial charge is 0.333 e. The molecule has 1 fully saturated rings. The Labute approximate surface area is 132 Å². The van der Waals surface area contributed by atoms with Gasteiger partial charge in [-0.3, -0.25) is 4.18 Å². The SMILES string of the molecule is CC.Cc1ccccc1C1OC(C)(C)OC1COS(N)(=O)=O. The molecule has 2 rings (SSSR count). The van der Waals surface area contributed by atoms with Crippen molar-refractivity contribution in [1.82, 2.24) is 0 Å². The molecule has 1 saturated heterocycles. The monoisotopic (exact) mass is 331 g/mol. The lowest BCUT2D eigenvalue weighted by Gasteiger charge is -2.18. The number of ether oxygens (including phenoxy) is 2. The maximum absolute atomic E-state index is 10.9. The summed E-state index contributed by atoms with van der Waals surface area (Å²) < 4.78 is 38.0. The lowest BCUT2D eigenvalue weighted by atomic mass is 10.00. The van der Waals surface area contributed by atoms with Crippen LogP contribution in [0.4, 0.5) is 0 Å². The minimum Gasteiger partial charge on any atom is -0.342 e. The molecule has 2 N–H and O–H groups in total. The summed E-state index contributed by atoms with van der Waals surface area (Å²) in [5.74, 6) is -0.806. The molecular weight excluding hydrogens is 306 g/mol. The third-order valence-corrected chi connectivity index (χ3v) is 3.54. The van der Waals surface area contributed by atoms with Crippen LogP contribution >= 0.6 is 0 Å². The van der Waals surface area contributed by atoms with Crippen LogP contribution in [-0.2, 0) is 24.0 Å². The highest BCUT2D eigenvalue weighted by molar-refractivity contribution is 7.84. The van der Waals surface area contributed by atoms with Crippen molar-refractivity contribution in [3.8, 4) is 0 Å². The number of rotatable bonds is 4. The molecule has 1 heterocycles. The van der Waals surface area contributed by atoms with Crippen molar-refractivity contribution in [1.29, 1.82) is 0 Å². The first-order valence-corrected chi connectivity index (χ1v) is 8.73. The number of nitrogens with two attached hydrogens (primary N) is 1. The van der Waals surface area contributed by atoms with E-state index in [1.165, 1.54) is 0 Å². The minimum absolute atomic E-state index is 0.179. The van der Waals surface area contributed by atoms with Crippen LogP contribution in [0.25, 0.3) is 0 Å². The molecule has 0 saturated carbocycles. The van der Waals surface area contributed by atoms with Gasteiger partial charge in [0.05, 0.1) is 6.61 Å². The van der Waals surface area contributed by atoms with Gasteiger partial charge in [-0.1, -0.05) is 38.1 Å². The molecule has 2 unspecified atom stereocenters. The first kappa shape index (κ1) is 19.1. The van der Waals surface area contributed by atoms with Gasteiger partial charge in [-0.05, 0) is 31.9 Å². The van der Waals surface area contributed by atoms with Gasteiger partial charge in [-0.15, -0.1) is 0 Å². The molecule has 2 atom stereocenters. The predicted octanol–water partition coefficient (Wildman–Crippen LogP) is 2.43. The summed E-state index contributed by atoms with van der Waals surface area (Å²) in [6.07, 6.45) is -0.933. The van der Waals surface area contributed by atoms with Crippen LogP contribution in [0.15, 0.2) is 24.3 Å². The van der Waals surface area contributed by atoms with E-state index in [2.05, 4.69) is 4.18 Å². The van der Waals surface area contributed by atoms with Crippen LogP contribution in [0.1, 0.15) is 44.9 Å². The molecule has 0 aliphatic carbocycles. The van der Waals surface area contributed by atoms with Gasteiger partial charge in [0.1, 0.15) is 12.2 Å². The normalized spacial score (nSPS) is 23.7. The fourth-order valence-electron chi connectivity index (χ4n) is 2.29. The molecule has 6 nitrogen and oxygen atoms in total. The zero-order valence-electron chi connectivity index (χ0n) is 13.7. The van der Waals surface area contributed by atoms with Crippen LogP contribution < -0.4 is 5.14 Å². The predicted molar refractivity (Wildman–Crippen MR) is 84.4 cm³/mol. The van der Waals surface area contributed by atoms with E-state index in [4.69, 9.17) is 14.6 Å². The van der Waals surface area contributed by atoms with E-state index in [0.717, 1.165) is 11.1 Å². The maximum atomic E-state index is 10.9. The molecule has 1 aromatic rings. The van der Waals surface area contributed by atoms with E-state index in [-0.39, 0.29) is 6.61 Å². The van der Waals surface area contributed by atoms with Gasteiger partial charge in [0.15, 0.2) is 5.79 Å². The van der Waals surface area contributed by atoms with E-state index < -0.39 is 28.3 Å². The van der Waals surface area contributed by atoms with Crippen molar-refractivity contribution in [3.05, 3.63) is 35.4 Å². The first-order valence-electron chi connectivity index (χ1n) is 7.26. The lowest BCUT2D eigenvalue weighted by Crippen LogP contribution is -2.28. The lowest BCUT2D eigenvalue weighted by molar-refractivity contribution is -0.148. The summed E-state index contributed by atoms with van der Waals surface area (Å²) in [6.45, 7) is 9.33. The van der Waals surface area contributed by atoms with Crippen molar-refractivity contribution >= 4 is 10.3 Å². The number of benzene rings is 1. The van der Waals surface area contributed by atoms with Crippen molar-refractivity contribution in [2.24, 2.45) is 5.14 Å². The topological polar surface area (TPSA) is 87.8 Å². The largest absolute Gasteiger partial charge is 0.342 e. The second kappa shape index (κ2) is 7.52. The fourth-order valence-corrected chi connectivity index (χ4v) is 2.61. The molecule has 0 radical (unpaired) electrons. The maximum Gasteiger partial charge on any atom is 0.333 e. The Hall–Kier alpha value is -0.990. The highest BCUT2D eigenvalue weighted by Crippen LogP contribution is 2.39. The minimum atomic E-state index is -4.00. The summed E-state index contributed by atoms with van der Waals surface area (Å²) in [7, 11) is -4.00. The Bertz CT molecular complexity index is 585. The summed E-state index contributed by atoms with van der Waals surface area (Å²) >= 11 is 0. The third kappa shape index (κ3) is 5.33. The van der Waals surface area contributed by atoms with Crippen molar-refractivity contribution in [2.75, 3.05) is 6.61 Å². The Morgan fingerprint density at radius 1 is 1.23 bits per heavy atom. The summed E-state index contributed by atoms with van der Waals surface area (Å²) in [5.41, 5.74) is 1.99. The van der Waals surface area contributed by atoms with Crippen LogP contribution in [0.5, 0.6) is 0 Å². The van der Waals surface area contributed by atoms with E-state index in [0.29, 0.717) is 0 Å². The third-order valence-electron chi connectivity index (χ3n) is 3.08. The number of hydrogen-bond acceptors (Lipinski definition) is 5. The molecule has 1 aliphatic rings. The standard InChI is InChI=1S/C13H19NO5S.C2H6/c1-9-6-4-5-7-10(9)12-11(8-17-20(14,15)16)18-13(2,3)19-12;1-2/h4-7,11-12H,8H2,1-3H3,(H2,14,15,16);1-2H3. The van der Waals surface area contributed by atoms with Crippen LogP contribution in [0.3, 0.4) is 0 Å². The zero-order valence-corrected chi connectivity index (χ0v) is 14.5. The van der Waals surface area contributed by atoms with E-state index in [1.54, 1.807) is 13.8 Å². The second-order valence-electron chi connectivity index (χ2n) is 5.23. The zero-order chi connectivity index (χ0) is 17.0. The van der Waals surface area contributed by atoms with Crippen LogP contribution in [0, 0.1) is 6.92 Å². The van der Waals surface area contributed by atoms with Gasteiger partial charge in [-0.25, -0.2) is 5.14 Å². The quantitative estimate of drug-likeness (QED) is 0.915. The molecular formula is C15H25NO5S. The van der Waals surface area contributed by atoms with E-state index in [9.17, 15) is 8.42 Å². The Morgan fingerprint density at radius 3 is 2.36 bits per heavy atom. The molecule has 0 aromatic heterocycles. The highest BCUT2D eigenvalue weighted by Gasteiger charge is 2.43. The van der Waals surface area contributed by atoms with Gasteiger partial charge in [-0.2, -0.15) is 8.42 Å². The van der Waals surface area contributed by atoms with Crippen molar-refractivity contribution < 1.29 is 22.1 Å². The summed E-state index contributed by atoms with van der Waals surface area (Å²) in [5, 5.41) is 4.85. The van der Waals surface area contributed by atoms with Crippen molar-refractivity contribution in [3.63, 3.8) is 0 Å². The second-order valence-corrected chi connectivity index (χ2v) is 6.45. The van der Waals surface area contributed by atoms with E-state index in [1.807, 2.05) is 45.0 Å². The van der Waals surface area contributed by atoms with Crippen LogP contribution in [-0.4, -0.2) is 26.9 Å². The van der Waals surface area contributed by atoms with Gasteiger partial charge in [0.25, 0.3) is 0 Å². The van der Waals surface area contributed by atoms with Gasteiger partial charge in [0.2, 0.25) is 0 Å². The molecule has 7 heteroatoms. The molecule has 0 spiro atoms. The Morgan fingerprint density at radius 2 is 1.82 bits per heavy atom.